The van der Waals surface area contributed by atoms with E-state index in [2.05, 4.69) is 30.8 Å². The van der Waals surface area contributed by atoms with Gasteiger partial charge < -0.3 is 4.57 Å². The molecule has 0 bridgehead atoms. The Bertz CT molecular complexity index is 357. The Morgan fingerprint density at radius 3 is 2.69 bits per heavy atom. The largest absolute Gasteiger partial charge is 0.338 e. The zero-order chi connectivity index (χ0) is 12.1. The molecule has 4 nitrogen and oxygen atoms in total. The van der Waals surface area contributed by atoms with Crippen molar-refractivity contribution in [2.24, 2.45) is 5.84 Å². The zero-order valence-electron chi connectivity index (χ0n) is 10.3. The predicted octanol–water partition coefficient (Wildman–Crippen LogP) is 2.02. The fourth-order valence-corrected chi connectivity index (χ4v) is 1.91. The van der Waals surface area contributed by atoms with Crippen molar-refractivity contribution in [1.29, 1.82) is 0 Å². The van der Waals surface area contributed by atoms with Gasteiger partial charge in [0.05, 0.1) is 0 Å². The van der Waals surface area contributed by atoms with Gasteiger partial charge in [0.2, 0.25) is 0 Å². The number of aromatic nitrogens is 1. The molecule has 0 aliphatic carbocycles. The van der Waals surface area contributed by atoms with Crippen molar-refractivity contribution in [2.45, 2.75) is 46.1 Å². The summed E-state index contributed by atoms with van der Waals surface area (Å²) >= 11 is 0. The summed E-state index contributed by atoms with van der Waals surface area (Å²) in [6.45, 7) is 6.37. The second kappa shape index (κ2) is 5.70. The number of rotatable bonds is 5. The highest BCUT2D eigenvalue weighted by molar-refractivity contribution is 5.92. The van der Waals surface area contributed by atoms with E-state index in [1.165, 1.54) is 5.69 Å². The second-order valence-electron chi connectivity index (χ2n) is 4.06. The molecule has 16 heavy (non-hydrogen) atoms. The highest BCUT2D eigenvalue weighted by atomic mass is 16.2. The lowest BCUT2D eigenvalue weighted by atomic mass is 10.2. The second-order valence-corrected chi connectivity index (χ2v) is 4.06. The SMILES string of the molecule is CCCc1ccc(C(=O)NN)n1C(C)CC. The van der Waals surface area contributed by atoms with Crippen molar-refractivity contribution in [3.05, 3.63) is 23.5 Å². The molecule has 0 radical (unpaired) electrons. The molecule has 1 atom stereocenters. The maximum absolute atomic E-state index is 11.6. The Morgan fingerprint density at radius 1 is 1.50 bits per heavy atom. The molecule has 1 aromatic rings. The van der Waals surface area contributed by atoms with Gasteiger partial charge >= 0.3 is 0 Å². The van der Waals surface area contributed by atoms with E-state index in [9.17, 15) is 4.79 Å². The standard InChI is InChI=1S/C12H21N3O/c1-4-6-10-7-8-11(12(16)14-13)15(10)9(3)5-2/h7-9H,4-6,13H2,1-3H3,(H,14,16). The summed E-state index contributed by atoms with van der Waals surface area (Å²) in [5.74, 6) is 4.97. The Labute approximate surface area is 96.8 Å². The minimum atomic E-state index is -0.220. The third-order valence-corrected chi connectivity index (χ3v) is 2.90. The van der Waals surface area contributed by atoms with E-state index < -0.39 is 0 Å². The van der Waals surface area contributed by atoms with Crippen molar-refractivity contribution in [2.75, 3.05) is 0 Å². The Hall–Kier alpha value is -1.29. The fraction of sp³-hybridized carbons (Fsp3) is 0.583. The highest BCUT2D eigenvalue weighted by Gasteiger charge is 2.16. The van der Waals surface area contributed by atoms with Crippen LogP contribution in [0, 0.1) is 0 Å². The summed E-state index contributed by atoms with van der Waals surface area (Å²) in [5.41, 5.74) is 4.05. The molecule has 0 aromatic carbocycles. The minimum absolute atomic E-state index is 0.220. The Kier molecular flexibility index (Phi) is 4.55. The number of nitrogen functional groups attached to an aromatic ring is 1. The van der Waals surface area contributed by atoms with E-state index in [0.29, 0.717) is 11.7 Å². The summed E-state index contributed by atoms with van der Waals surface area (Å²) in [6.07, 6.45) is 3.06. The summed E-state index contributed by atoms with van der Waals surface area (Å²) < 4.78 is 2.09. The Morgan fingerprint density at radius 2 is 2.19 bits per heavy atom. The van der Waals surface area contributed by atoms with Gasteiger partial charge in [-0.15, -0.1) is 0 Å². The van der Waals surface area contributed by atoms with E-state index >= 15 is 0 Å². The van der Waals surface area contributed by atoms with Crippen LogP contribution in [0.25, 0.3) is 0 Å². The van der Waals surface area contributed by atoms with Crippen LogP contribution in [0.5, 0.6) is 0 Å². The van der Waals surface area contributed by atoms with Crippen LogP contribution >= 0.6 is 0 Å². The third kappa shape index (κ3) is 2.44. The molecule has 3 N–H and O–H groups in total. The number of hydrogen-bond acceptors (Lipinski definition) is 2. The summed E-state index contributed by atoms with van der Waals surface area (Å²) in [7, 11) is 0. The first-order valence-electron chi connectivity index (χ1n) is 5.86. The topological polar surface area (TPSA) is 60.1 Å². The number of nitrogens with two attached hydrogens (primary N) is 1. The van der Waals surface area contributed by atoms with Crippen molar-refractivity contribution >= 4 is 5.91 Å². The van der Waals surface area contributed by atoms with Gasteiger partial charge in [-0.3, -0.25) is 10.2 Å². The van der Waals surface area contributed by atoms with Gasteiger partial charge in [-0.2, -0.15) is 0 Å². The van der Waals surface area contributed by atoms with Gasteiger partial charge in [0, 0.05) is 11.7 Å². The summed E-state index contributed by atoms with van der Waals surface area (Å²) in [4.78, 5) is 11.6. The Balaban J connectivity index is 3.13. The first kappa shape index (κ1) is 12.8. The summed E-state index contributed by atoms with van der Waals surface area (Å²) in [6, 6.07) is 4.18. The highest BCUT2D eigenvalue weighted by Crippen LogP contribution is 2.20. The van der Waals surface area contributed by atoms with Crippen LogP contribution in [0.1, 0.15) is 55.8 Å². The minimum Gasteiger partial charge on any atom is -0.338 e. The number of carbonyl (C=O) groups is 1. The van der Waals surface area contributed by atoms with Crippen LogP contribution in [-0.4, -0.2) is 10.5 Å². The lowest BCUT2D eigenvalue weighted by Gasteiger charge is -2.18. The molecule has 0 aliphatic heterocycles. The molecule has 0 spiro atoms. The van der Waals surface area contributed by atoms with E-state index in [4.69, 9.17) is 5.84 Å². The smallest absolute Gasteiger partial charge is 0.281 e. The van der Waals surface area contributed by atoms with Crippen LogP contribution in [-0.2, 0) is 6.42 Å². The number of aryl methyl sites for hydroxylation is 1. The lowest BCUT2D eigenvalue weighted by Crippen LogP contribution is -2.32. The van der Waals surface area contributed by atoms with Crippen LogP contribution in [0.15, 0.2) is 12.1 Å². The molecule has 0 aliphatic rings. The number of nitrogens with zero attached hydrogens (tertiary/aromatic N) is 1. The third-order valence-electron chi connectivity index (χ3n) is 2.90. The lowest BCUT2D eigenvalue weighted by molar-refractivity contribution is 0.0942. The number of amides is 1. The van der Waals surface area contributed by atoms with Gasteiger partial charge in [-0.25, -0.2) is 5.84 Å². The quantitative estimate of drug-likeness (QED) is 0.456. The van der Waals surface area contributed by atoms with Crippen molar-refractivity contribution in [3.8, 4) is 0 Å². The molecule has 4 heteroatoms. The van der Waals surface area contributed by atoms with E-state index in [0.717, 1.165) is 19.3 Å². The molecule has 1 amide bonds. The normalized spacial score (nSPS) is 12.5. The fourth-order valence-electron chi connectivity index (χ4n) is 1.91. The van der Waals surface area contributed by atoms with Crippen LogP contribution < -0.4 is 11.3 Å². The maximum atomic E-state index is 11.6. The van der Waals surface area contributed by atoms with Gasteiger partial charge in [-0.1, -0.05) is 20.3 Å². The molecule has 0 saturated carbocycles. The number of nitrogens with one attached hydrogen (secondary N) is 1. The number of hydrazine groups is 1. The average Bonchev–Trinajstić information content (AvgIpc) is 2.71. The van der Waals surface area contributed by atoms with Crippen molar-refractivity contribution in [3.63, 3.8) is 0 Å². The molecular weight excluding hydrogens is 202 g/mol. The molecule has 0 saturated heterocycles. The average molecular weight is 223 g/mol. The number of hydrogen-bond donors (Lipinski definition) is 2. The molecule has 1 rings (SSSR count). The maximum Gasteiger partial charge on any atom is 0.281 e. The van der Waals surface area contributed by atoms with E-state index in [-0.39, 0.29) is 5.91 Å². The van der Waals surface area contributed by atoms with E-state index in [1.54, 1.807) is 0 Å². The van der Waals surface area contributed by atoms with E-state index in [1.807, 2.05) is 12.1 Å². The number of carbonyl (C=O) groups excluding carboxylic acids is 1. The first-order chi connectivity index (χ1) is 7.65. The van der Waals surface area contributed by atoms with Gasteiger partial charge in [-0.05, 0) is 31.9 Å². The monoisotopic (exact) mass is 223 g/mol. The molecule has 90 valence electrons. The predicted molar refractivity (Wildman–Crippen MR) is 65.1 cm³/mol. The van der Waals surface area contributed by atoms with Gasteiger partial charge in [0.15, 0.2) is 0 Å². The van der Waals surface area contributed by atoms with Crippen LogP contribution in [0.4, 0.5) is 0 Å². The van der Waals surface area contributed by atoms with Crippen LogP contribution in [0.3, 0.4) is 0 Å². The molecule has 0 fully saturated rings. The van der Waals surface area contributed by atoms with Crippen molar-refractivity contribution < 1.29 is 4.79 Å². The van der Waals surface area contributed by atoms with Gasteiger partial charge in [0.1, 0.15) is 5.69 Å². The molecule has 1 aromatic heterocycles. The van der Waals surface area contributed by atoms with Gasteiger partial charge in [0.25, 0.3) is 5.91 Å². The first-order valence-corrected chi connectivity index (χ1v) is 5.86. The van der Waals surface area contributed by atoms with Crippen molar-refractivity contribution in [1.82, 2.24) is 9.99 Å². The molecule has 1 heterocycles. The van der Waals surface area contributed by atoms with Crippen LogP contribution in [0.2, 0.25) is 0 Å². The summed E-state index contributed by atoms with van der Waals surface area (Å²) in [5, 5.41) is 0. The molecular formula is C12H21N3O. The molecule has 1 unspecified atom stereocenters. The zero-order valence-corrected chi connectivity index (χ0v) is 10.3.